The molecule has 2 saturated heterocycles. The van der Waals surface area contributed by atoms with Crippen molar-refractivity contribution in [3.8, 4) is 0 Å². The number of hydrogen-bond acceptors (Lipinski definition) is 4. The van der Waals surface area contributed by atoms with Crippen molar-refractivity contribution >= 4 is 0 Å². The van der Waals surface area contributed by atoms with Crippen LogP contribution < -0.4 is 0 Å². The standard InChI is InChI=1S/C5H8O4/c6-1-5-2-7-4(9-5)8-3-5/h4,6H,1-3H2. The van der Waals surface area contributed by atoms with Gasteiger partial charge in [0.15, 0.2) is 0 Å². The van der Waals surface area contributed by atoms with Gasteiger partial charge in [-0.3, -0.25) is 0 Å². The molecule has 0 aromatic rings. The smallest absolute Gasteiger partial charge is 0.272 e. The van der Waals surface area contributed by atoms with Crippen LogP contribution in [0.5, 0.6) is 0 Å². The summed E-state index contributed by atoms with van der Waals surface area (Å²) in [5, 5.41) is 8.76. The van der Waals surface area contributed by atoms with E-state index in [9.17, 15) is 0 Å². The van der Waals surface area contributed by atoms with E-state index in [2.05, 4.69) is 0 Å². The summed E-state index contributed by atoms with van der Waals surface area (Å²) in [4.78, 5) is 0. The predicted molar refractivity (Wildman–Crippen MR) is 26.6 cm³/mol. The summed E-state index contributed by atoms with van der Waals surface area (Å²) >= 11 is 0. The highest BCUT2D eigenvalue weighted by Gasteiger charge is 2.48. The first-order valence-electron chi connectivity index (χ1n) is 2.87. The largest absolute Gasteiger partial charge is 0.393 e. The highest BCUT2D eigenvalue weighted by Crippen LogP contribution is 2.30. The molecule has 0 aromatic carbocycles. The number of rotatable bonds is 1. The summed E-state index contributed by atoms with van der Waals surface area (Å²) in [6, 6.07) is 0. The minimum Gasteiger partial charge on any atom is -0.393 e. The van der Waals surface area contributed by atoms with E-state index in [0.717, 1.165) is 0 Å². The van der Waals surface area contributed by atoms with Crippen LogP contribution in [0.4, 0.5) is 0 Å². The van der Waals surface area contributed by atoms with E-state index < -0.39 is 12.1 Å². The van der Waals surface area contributed by atoms with Crippen molar-refractivity contribution in [3.05, 3.63) is 0 Å². The van der Waals surface area contributed by atoms with Gasteiger partial charge < -0.3 is 19.3 Å². The number of aliphatic hydroxyl groups excluding tert-OH is 1. The lowest BCUT2D eigenvalue weighted by molar-refractivity contribution is -0.191. The second-order valence-electron chi connectivity index (χ2n) is 2.37. The first-order chi connectivity index (χ1) is 4.35. The van der Waals surface area contributed by atoms with Gasteiger partial charge in [0.2, 0.25) is 0 Å². The molecule has 0 aliphatic carbocycles. The Morgan fingerprint density at radius 2 is 2.11 bits per heavy atom. The molecule has 4 heteroatoms. The Hall–Kier alpha value is -0.160. The van der Waals surface area contributed by atoms with Crippen LogP contribution in [0.25, 0.3) is 0 Å². The fourth-order valence-corrected chi connectivity index (χ4v) is 0.998. The first kappa shape index (κ1) is 5.61. The summed E-state index contributed by atoms with van der Waals surface area (Å²) < 4.78 is 15.0. The monoisotopic (exact) mass is 132 g/mol. The van der Waals surface area contributed by atoms with Gasteiger partial charge in [0.25, 0.3) is 6.48 Å². The maximum Gasteiger partial charge on any atom is 0.272 e. The van der Waals surface area contributed by atoms with E-state index >= 15 is 0 Å². The fourth-order valence-electron chi connectivity index (χ4n) is 0.998. The van der Waals surface area contributed by atoms with Crippen LogP contribution in [0, 0.1) is 0 Å². The highest BCUT2D eigenvalue weighted by atomic mass is 16.9. The minimum absolute atomic E-state index is 0.0243. The summed E-state index contributed by atoms with van der Waals surface area (Å²) in [7, 11) is 0. The van der Waals surface area contributed by atoms with Gasteiger partial charge in [-0.05, 0) is 0 Å². The van der Waals surface area contributed by atoms with Gasteiger partial charge in [0.1, 0.15) is 5.60 Å². The van der Waals surface area contributed by atoms with E-state index in [1.54, 1.807) is 0 Å². The molecule has 9 heavy (non-hydrogen) atoms. The van der Waals surface area contributed by atoms with Crippen LogP contribution >= 0.6 is 0 Å². The molecule has 2 heterocycles. The van der Waals surface area contributed by atoms with Crippen molar-refractivity contribution in [3.63, 3.8) is 0 Å². The summed E-state index contributed by atoms with van der Waals surface area (Å²) in [5.74, 6) is 0. The Morgan fingerprint density at radius 1 is 1.44 bits per heavy atom. The van der Waals surface area contributed by atoms with E-state index in [1.165, 1.54) is 0 Å². The van der Waals surface area contributed by atoms with Crippen LogP contribution in [0.2, 0.25) is 0 Å². The molecule has 0 amide bonds. The second-order valence-corrected chi connectivity index (χ2v) is 2.37. The third-order valence-corrected chi connectivity index (χ3v) is 1.60. The van der Waals surface area contributed by atoms with Crippen molar-refractivity contribution in [1.82, 2.24) is 0 Å². The van der Waals surface area contributed by atoms with Gasteiger partial charge in [-0.2, -0.15) is 0 Å². The molecular weight excluding hydrogens is 124 g/mol. The molecule has 1 N–H and O–H groups in total. The number of fused-ring (bicyclic) bond motifs is 2. The lowest BCUT2D eigenvalue weighted by Crippen LogP contribution is -2.38. The van der Waals surface area contributed by atoms with Gasteiger partial charge in [-0.15, -0.1) is 0 Å². The van der Waals surface area contributed by atoms with Crippen LogP contribution in [0.3, 0.4) is 0 Å². The van der Waals surface area contributed by atoms with Gasteiger partial charge in [-0.25, -0.2) is 0 Å². The molecule has 52 valence electrons. The van der Waals surface area contributed by atoms with Gasteiger partial charge in [0, 0.05) is 0 Å². The van der Waals surface area contributed by atoms with Crippen LogP contribution in [0.1, 0.15) is 0 Å². The average Bonchev–Trinajstić information content (AvgIpc) is 2.46. The fraction of sp³-hybridized carbons (Fsp3) is 1.00. The maximum atomic E-state index is 8.76. The summed E-state index contributed by atoms with van der Waals surface area (Å²) in [5.41, 5.74) is -0.537. The van der Waals surface area contributed by atoms with E-state index in [1.807, 2.05) is 0 Å². The van der Waals surface area contributed by atoms with Crippen molar-refractivity contribution in [2.75, 3.05) is 19.8 Å². The molecule has 2 rings (SSSR count). The summed E-state index contributed by atoms with van der Waals surface area (Å²) in [6.45, 7) is 0.364. The molecule has 2 aliphatic heterocycles. The maximum absolute atomic E-state index is 8.76. The predicted octanol–water partition coefficient (Wildman–Crippen LogP) is -0.922. The van der Waals surface area contributed by atoms with Crippen LogP contribution in [-0.2, 0) is 14.2 Å². The number of hydrogen-bond donors (Lipinski definition) is 1. The van der Waals surface area contributed by atoms with E-state index in [4.69, 9.17) is 19.3 Å². The van der Waals surface area contributed by atoms with Gasteiger partial charge in [-0.1, -0.05) is 0 Å². The van der Waals surface area contributed by atoms with Crippen molar-refractivity contribution in [2.24, 2.45) is 0 Å². The minimum atomic E-state index is -0.537. The topological polar surface area (TPSA) is 47.9 Å². The highest BCUT2D eigenvalue weighted by molar-refractivity contribution is 4.86. The van der Waals surface area contributed by atoms with Gasteiger partial charge >= 0.3 is 0 Å². The zero-order valence-corrected chi connectivity index (χ0v) is 4.87. The zero-order chi connectivity index (χ0) is 6.32. The van der Waals surface area contributed by atoms with E-state index in [0.29, 0.717) is 13.2 Å². The third kappa shape index (κ3) is 0.679. The van der Waals surface area contributed by atoms with E-state index in [-0.39, 0.29) is 6.61 Å². The summed E-state index contributed by atoms with van der Waals surface area (Å²) in [6.07, 6.45) is 0. The molecule has 0 saturated carbocycles. The quantitative estimate of drug-likeness (QED) is 0.501. The average molecular weight is 132 g/mol. The molecule has 4 nitrogen and oxygen atoms in total. The van der Waals surface area contributed by atoms with Crippen molar-refractivity contribution in [2.45, 2.75) is 12.1 Å². The Morgan fingerprint density at radius 3 is 2.33 bits per heavy atom. The zero-order valence-electron chi connectivity index (χ0n) is 4.87. The second kappa shape index (κ2) is 1.67. The number of aliphatic hydroxyl groups is 1. The third-order valence-electron chi connectivity index (χ3n) is 1.60. The lowest BCUT2D eigenvalue weighted by Gasteiger charge is -2.17. The Kier molecular flexibility index (Phi) is 1.04. The molecule has 0 aromatic heterocycles. The molecule has 0 radical (unpaired) electrons. The molecule has 2 fully saturated rings. The SMILES string of the molecule is OCC12COC(OC1)O2. The molecule has 0 unspecified atom stereocenters. The van der Waals surface area contributed by atoms with Gasteiger partial charge in [0.05, 0.1) is 19.8 Å². The Balaban J connectivity index is 2.13. The molecular formula is C5H8O4. The molecule has 0 atom stereocenters. The van der Waals surface area contributed by atoms with Crippen molar-refractivity contribution in [1.29, 1.82) is 0 Å². The lowest BCUT2D eigenvalue weighted by atomic mass is 10.1. The molecule has 2 aliphatic rings. The molecule has 2 bridgehead atoms. The molecule has 0 spiro atoms. The van der Waals surface area contributed by atoms with Crippen molar-refractivity contribution < 1.29 is 19.3 Å². The Labute approximate surface area is 52.3 Å². The first-order valence-corrected chi connectivity index (χ1v) is 2.87. The van der Waals surface area contributed by atoms with Crippen LogP contribution in [-0.4, -0.2) is 37.0 Å². The van der Waals surface area contributed by atoms with Crippen LogP contribution in [0.15, 0.2) is 0 Å². The number of ether oxygens (including phenoxy) is 3. The Bertz CT molecular complexity index is 116. The normalized spacial score (nSPS) is 48.3.